The molecule has 0 bridgehead atoms. The molecule has 1 fully saturated rings. The van der Waals surface area contributed by atoms with E-state index in [9.17, 15) is 0 Å². The second-order valence-electron chi connectivity index (χ2n) is 5.54. The Morgan fingerprint density at radius 2 is 1.95 bits per heavy atom. The summed E-state index contributed by atoms with van der Waals surface area (Å²) < 4.78 is 11.0. The number of ether oxygens (including phenoxy) is 2. The van der Waals surface area contributed by atoms with Crippen LogP contribution in [0.3, 0.4) is 0 Å². The van der Waals surface area contributed by atoms with E-state index in [1.165, 1.54) is 0 Å². The molecular formula is C16H26N2O2. The Balaban J connectivity index is 1.82. The van der Waals surface area contributed by atoms with Crippen LogP contribution >= 0.6 is 0 Å². The standard InChI is InChI=1S/C16H26N2O2/c1-4-16(2)13-17-9-10-18(16)11-12-20-15-7-5-14(19-3)6-8-15/h5-8,17H,4,9-13H2,1-3H3. The number of piperazine rings is 1. The zero-order chi connectivity index (χ0) is 14.4. The van der Waals surface area contributed by atoms with E-state index < -0.39 is 0 Å². The monoisotopic (exact) mass is 278 g/mol. The molecule has 1 heterocycles. The van der Waals surface area contributed by atoms with Gasteiger partial charge in [0.1, 0.15) is 18.1 Å². The average molecular weight is 278 g/mol. The highest BCUT2D eigenvalue weighted by molar-refractivity contribution is 5.31. The maximum atomic E-state index is 5.83. The number of hydrogen-bond donors (Lipinski definition) is 1. The van der Waals surface area contributed by atoms with Crippen LogP contribution in [-0.4, -0.2) is 50.3 Å². The summed E-state index contributed by atoms with van der Waals surface area (Å²) in [6, 6.07) is 7.76. The van der Waals surface area contributed by atoms with Gasteiger partial charge in [0.15, 0.2) is 0 Å². The molecule has 0 aliphatic carbocycles. The highest BCUT2D eigenvalue weighted by Gasteiger charge is 2.32. The summed E-state index contributed by atoms with van der Waals surface area (Å²) in [5.41, 5.74) is 0.252. The summed E-state index contributed by atoms with van der Waals surface area (Å²) in [7, 11) is 1.67. The summed E-state index contributed by atoms with van der Waals surface area (Å²) in [6.07, 6.45) is 1.16. The molecule has 0 spiro atoms. The number of benzene rings is 1. The van der Waals surface area contributed by atoms with Crippen molar-refractivity contribution in [3.8, 4) is 11.5 Å². The molecule has 0 saturated carbocycles. The number of rotatable bonds is 6. The second kappa shape index (κ2) is 6.95. The zero-order valence-corrected chi connectivity index (χ0v) is 12.8. The summed E-state index contributed by atoms with van der Waals surface area (Å²) in [5, 5.41) is 3.48. The van der Waals surface area contributed by atoms with Gasteiger partial charge in [-0.05, 0) is 37.6 Å². The number of nitrogens with zero attached hydrogens (tertiary/aromatic N) is 1. The van der Waals surface area contributed by atoms with E-state index in [0.717, 1.165) is 50.7 Å². The third kappa shape index (κ3) is 3.64. The van der Waals surface area contributed by atoms with Crippen LogP contribution < -0.4 is 14.8 Å². The summed E-state index contributed by atoms with van der Waals surface area (Å²) in [6.45, 7) is 9.50. The van der Waals surface area contributed by atoms with Crippen LogP contribution in [0.15, 0.2) is 24.3 Å². The van der Waals surface area contributed by atoms with Gasteiger partial charge in [-0.25, -0.2) is 0 Å². The van der Waals surface area contributed by atoms with Gasteiger partial charge in [-0.1, -0.05) is 6.92 Å². The molecule has 1 saturated heterocycles. The van der Waals surface area contributed by atoms with Crippen LogP contribution in [-0.2, 0) is 0 Å². The minimum absolute atomic E-state index is 0.252. The van der Waals surface area contributed by atoms with Crippen LogP contribution in [0.4, 0.5) is 0 Å². The predicted octanol–water partition coefficient (Wildman–Crippen LogP) is 2.15. The number of hydrogen-bond acceptors (Lipinski definition) is 4. The first kappa shape index (κ1) is 15.1. The van der Waals surface area contributed by atoms with Crippen molar-refractivity contribution < 1.29 is 9.47 Å². The Labute approximate surface area is 122 Å². The number of nitrogens with one attached hydrogen (secondary N) is 1. The van der Waals surface area contributed by atoms with E-state index in [4.69, 9.17) is 9.47 Å². The van der Waals surface area contributed by atoms with Gasteiger partial charge in [-0.3, -0.25) is 4.90 Å². The van der Waals surface area contributed by atoms with E-state index in [2.05, 4.69) is 24.1 Å². The van der Waals surface area contributed by atoms with Gasteiger partial charge in [0, 0.05) is 31.7 Å². The molecule has 0 aromatic heterocycles. The Hall–Kier alpha value is -1.26. The van der Waals surface area contributed by atoms with Crippen LogP contribution in [0.1, 0.15) is 20.3 Å². The third-order valence-corrected chi connectivity index (χ3v) is 4.28. The van der Waals surface area contributed by atoms with Crippen molar-refractivity contribution in [1.82, 2.24) is 10.2 Å². The highest BCUT2D eigenvalue weighted by atomic mass is 16.5. The van der Waals surface area contributed by atoms with Crippen molar-refractivity contribution in [3.63, 3.8) is 0 Å². The van der Waals surface area contributed by atoms with Crippen molar-refractivity contribution >= 4 is 0 Å². The Morgan fingerprint density at radius 3 is 2.60 bits per heavy atom. The van der Waals surface area contributed by atoms with Gasteiger partial charge in [0.2, 0.25) is 0 Å². The van der Waals surface area contributed by atoms with Crippen LogP contribution in [0.25, 0.3) is 0 Å². The van der Waals surface area contributed by atoms with Gasteiger partial charge in [-0.2, -0.15) is 0 Å². The average Bonchev–Trinajstić information content (AvgIpc) is 2.50. The second-order valence-corrected chi connectivity index (χ2v) is 5.54. The van der Waals surface area contributed by atoms with E-state index >= 15 is 0 Å². The normalized spacial score (nSPS) is 23.6. The van der Waals surface area contributed by atoms with E-state index in [1.807, 2.05) is 24.3 Å². The quantitative estimate of drug-likeness (QED) is 0.864. The molecule has 1 unspecified atom stereocenters. The summed E-state index contributed by atoms with van der Waals surface area (Å²) in [5.74, 6) is 1.76. The van der Waals surface area contributed by atoms with Crippen molar-refractivity contribution in [2.75, 3.05) is 39.9 Å². The predicted molar refractivity (Wildman–Crippen MR) is 81.6 cm³/mol. The van der Waals surface area contributed by atoms with Gasteiger partial charge >= 0.3 is 0 Å². The highest BCUT2D eigenvalue weighted by Crippen LogP contribution is 2.21. The molecule has 1 aromatic rings. The summed E-state index contributed by atoms with van der Waals surface area (Å²) in [4.78, 5) is 2.53. The lowest BCUT2D eigenvalue weighted by Gasteiger charge is -2.44. The molecule has 1 N–H and O–H groups in total. The van der Waals surface area contributed by atoms with Crippen LogP contribution in [0, 0.1) is 0 Å². The maximum Gasteiger partial charge on any atom is 0.119 e. The molecule has 112 valence electrons. The molecule has 1 aliphatic rings. The molecule has 2 rings (SSSR count). The summed E-state index contributed by atoms with van der Waals surface area (Å²) >= 11 is 0. The van der Waals surface area contributed by atoms with Crippen LogP contribution in [0.5, 0.6) is 11.5 Å². The van der Waals surface area contributed by atoms with E-state index in [1.54, 1.807) is 7.11 Å². The largest absolute Gasteiger partial charge is 0.497 e. The fourth-order valence-corrected chi connectivity index (χ4v) is 2.63. The van der Waals surface area contributed by atoms with Gasteiger partial charge in [0.05, 0.1) is 7.11 Å². The Morgan fingerprint density at radius 1 is 1.25 bits per heavy atom. The van der Waals surface area contributed by atoms with Gasteiger partial charge < -0.3 is 14.8 Å². The SMILES string of the molecule is CCC1(C)CNCCN1CCOc1ccc(OC)cc1. The molecule has 1 aliphatic heterocycles. The first-order valence-corrected chi connectivity index (χ1v) is 7.40. The van der Waals surface area contributed by atoms with Crippen molar-refractivity contribution in [2.45, 2.75) is 25.8 Å². The Kier molecular flexibility index (Phi) is 5.26. The fraction of sp³-hybridized carbons (Fsp3) is 0.625. The lowest BCUT2D eigenvalue weighted by Crippen LogP contribution is -2.60. The molecular weight excluding hydrogens is 252 g/mol. The van der Waals surface area contributed by atoms with Crippen molar-refractivity contribution in [1.29, 1.82) is 0 Å². The Bertz CT molecular complexity index is 407. The molecule has 1 atom stereocenters. The van der Waals surface area contributed by atoms with E-state index in [-0.39, 0.29) is 5.54 Å². The fourth-order valence-electron chi connectivity index (χ4n) is 2.63. The van der Waals surface area contributed by atoms with Crippen LogP contribution in [0.2, 0.25) is 0 Å². The van der Waals surface area contributed by atoms with Crippen molar-refractivity contribution in [3.05, 3.63) is 24.3 Å². The first-order chi connectivity index (χ1) is 9.68. The van der Waals surface area contributed by atoms with E-state index in [0.29, 0.717) is 0 Å². The molecule has 4 heteroatoms. The molecule has 20 heavy (non-hydrogen) atoms. The molecule has 1 aromatic carbocycles. The minimum atomic E-state index is 0.252. The van der Waals surface area contributed by atoms with Crippen molar-refractivity contribution in [2.24, 2.45) is 0 Å². The third-order valence-electron chi connectivity index (χ3n) is 4.28. The maximum absolute atomic E-state index is 5.83. The number of methoxy groups -OCH3 is 1. The molecule has 0 amide bonds. The smallest absolute Gasteiger partial charge is 0.119 e. The molecule has 4 nitrogen and oxygen atoms in total. The lowest BCUT2D eigenvalue weighted by atomic mass is 9.94. The van der Waals surface area contributed by atoms with Gasteiger partial charge in [0.25, 0.3) is 0 Å². The zero-order valence-electron chi connectivity index (χ0n) is 12.8. The minimum Gasteiger partial charge on any atom is -0.497 e. The topological polar surface area (TPSA) is 33.7 Å². The first-order valence-electron chi connectivity index (χ1n) is 7.40. The lowest BCUT2D eigenvalue weighted by molar-refractivity contribution is 0.0575. The van der Waals surface area contributed by atoms with Gasteiger partial charge in [-0.15, -0.1) is 0 Å². The molecule has 0 radical (unpaired) electrons.